The van der Waals surface area contributed by atoms with Crippen LogP contribution in [0.4, 0.5) is 15.8 Å². The molecule has 1 aliphatic carbocycles. The molecule has 2 amide bonds. The lowest BCUT2D eigenvalue weighted by atomic mass is 9.63. The first-order chi connectivity index (χ1) is 11.5. The second kappa shape index (κ2) is 6.43. The summed E-state index contributed by atoms with van der Waals surface area (Å²) in [7, 11) is 0. The van der Waals surface area contributed by atoms with Crippen molar-refractivity contribution in [2.75, 3.05) is 10.6 Å². The molecule has 0 unspecified atom stereocenters. The average molecular weight is 326 g/mol. The van der Waals surface area contributed by atoms with E-state index in [0.717, 1.165) is 6.42 Å². The molecule has 5 heteroatoms. The summed E-state index contributed by atoms with van der Waals surface area (Å²) in [6, 6.07) is 13.2. The average Bonchev–Trinajstić information content (AvgIpc) is 2.45. The summed E-state index contributed by atoms with van der Waals surface area (Å²) in [5.74, 6) is -0.646. The number of nitrogens with one attached hydrogen (secondary N) is 2. The number of benzene rings is 2. The lowest BCUT2D eigenvalue weighted by Crippen LogP contribution is -2.46. The van der Waals surface area contributed by atoms with Crippen molar-refractivity contribution < 1.29 is 14.0 Å². The molecule has 3 rings (SSSR count). The number of amides is 2. The maximum atomic E-state index is 13.6. The minimum Gasteiger partial charge on any atom is -0.326 e. The van der Waals surface area contributed by atoms with Gasteiger partial charge in [0.1, 0.15) is 5.82 Å². The van der Waals surface area contributed by atoms with E-state index < -0.39 is 5.41 Å². The standard InChI is InChI=1S/C19H19FN2O2/c1-13(23)21-16-7-3-8-17(12-16)22-18(24)19(9-4-10-19)14-5-2-6-15(20)11-14/h2-3,5-8,11-12H,4,9-10H2,1H3,(H,21,23)(H,22,24). The molecule has 0 bridgehead atoms. The maximum absolute atomic E-state index is 13.6. The van der Waals surface area contributed by atoms with E-state index in [1.165, 1.54) is 19.1 Å². The van der Waals surface area contributed by atoms with Crippen molar-refractivity contribution in [1.82, 2.24) is 0 Å². The number of hydrogen-bond acceptors (Lipinski definition) is 2. The first kappa shape index (κ1) is 16.2. The Labute approximate surface area is 140 Å². The summed E-state index contributed by atoms with van der Waals surface area (Å²) >= 11 is 0. The zero-order chi connectivity index (χ0) is 17.2. The van der Waals surface area contributed by atoms with Crippen LogP contribution in [0.2, 0.25) is 0 Å². The molecule has 0 heterocycles. The summed E-state index contributed by atoms with van der Waals surface area (Å²) in [5, 5.41) is 5.59. The van der Waals surface area contributed by atoms with Crippen LogP contribution in [0.5, 0.6) is 0 Å². The van der Waals surface area contributed by atoms with E-state index in [9.17, 15) is 14.0 Å². The van der Waals surface area contributed by atoms with E-state index in [-0.39, 0.29) is 17.6 Å². The van der Waals surface area contributed by atoms with Crippen molar-refractivity contribution in [3.8, 4) is 0 Å². The fraction of sp³-hybridized carbons (Fsp3) is 0.263. The van der Waals surface area contributed by atoms with Crippen LogP contribution in [0.15, 0.2) is 48.5 Å². The highest BCUT2D eigenvalue weighted by atomic mass is 19.1. The van der Waals surface area contributed by atoms with Crippen LogP contribution in [0.3, 0.4) is 0 Å². The number of halogens is 1. The molecule has 4 nitrogen and oxygen atoms in total. The van der Waals surface area contributed by atoms with Crippen molar-refractivity contribution in [2.24, 2.45) is 0 Å². The summed E-state index contributed by atoms with van der Waals surface area (Å²) in [4.78, 5) is 24.0. The Balaban J connectivity index is 1.82. The Morgan fingerprint density at radius 1 is 1.00 bits per heavy atom. The molecule has 1 fully saturated rings. The third kappa shape index (κ3) is 3.15. The van der Waals surface area contributed by atoms with Crippen LogP contribution in [0, 0.1) is 5.82 Å². The molecule has 0 atom stereocenters. The van der Waals surface area contributed by atoms with E-state index in [4.69, 9.17) is 0 Å². The lowest BCUT2D eigenvalue weighted by Gasteiger charge is -2.40. The minimum atomic E-state index is -0.674. The Morgan fingerprint density at radius 2 is 1.67 bits per heavy atom. The molecule has 0 saturated heterocycles. The zero-order valence-corrected chi connectivity index (χ0v) is 13.4. The van der Waals surface area contributed by atoms with E-state index in [0.29, 0.717) is 29.8 Å². The molecule has 0 aliphatic heterocycles. The predicted molar refractivity (Wildman–Crippen MR) is 91.3 cm³/mol. The van der Waals surface area contributed by atoms with Gasteiger partial charge in [-0.25, -0.2) is 4.39 Å². The van der Waals surface area contributed by atoms with Crippen molar-refractivity contribution in [3.05, 3.63) is 59.9 Å². The van der Waals surface area contributed by atoms with Gasteiger partial charge in [0, 0.05) is 18.3 Å². The van der Waals surface area contributed by atoms with Gasteiger partial charge in [-0.1, -0.05) is 24.6 Å². The monoisotopic (exact) mass is 326 g/mol. The summed E-state index contributed by atoms with van der Waals surface area (Å²) in [6.45, 7) is 1.43. The summed E-state index contributed by atoms with van der Waals surface area (Å²) in [5.41, 5.74) is 1.26. The molecule has 2 aromatic rings. The van der Waals surface area contributed by atoms with Gasteiger partial charge in [-0.2, -0.15) is 0 Å². The van der Waals surface area contributed by atoms with Crippen LogP contribution in [0.1, 0.15) is 31.7 Å². The van der Waals surface area contributed by atoms with Gasteiger partial charge in [-0.15, -0.1) is 0 Å². The van der Waals surface area contributed by atoms with Crippen molar-refractivity contribution in [2.45, 2.75) is 31.6 Å². The third-order valence-electron chi connectivity index (χ3n) is 4.46. The lowest BCUT2D eigenvalue weighted by molar-refractivity contribution is -0.124. The Hall–Kier alpha value is -2.69. The molecule has 124 valence electrons. The van der Waals surface area contributed by atoms with Gasteiger partial charge in [0.05, 0.1) is 5.41 Å². The van der Waals surface area contributed by atoms with Crippen molar-refractivity contribution in [1.29, 1.82) is 0 Å². The maximum Gasteiger partial charge on any atom is 0.235 e. The Bertz CT molecular complexity index is 784. The largest absolute Gasteiger partial charge is 0.326 e. The van der Waals surface area contributed by atoms with E-state index in [1.54, 1.807) is 36.4 Å². The number of carbonyl (C=O) groups excluding carboxylic acids is 2. The van der Waals surface area contributed by atoms with Gasteiger partial charge in [-0.3, -0.25) is 9.59 Å². The van der Waals surface area contributed by atoms with E-state index >= 15 is 0 Å². The number of carbonyl (C=O) groups is 2. The van der Waals surface area contributed by atoms with Crippen molar-refractivity contribution >= 4 is 23.2 Å². The highest BCUT2D eigenvalue weighted by Gasteiger charge is 2.45. The van der Waals surface area contributed by atoms with Crippen LogP contribution < -0.4 is 10.6 Å². The van der Waals surface area contributed by atoms with Gasteiger partial charge < -0.3 is 10.6 Å². The fourth-order valence-corrected chi connectivity index (χ4v) is 3.09. The first-order valence-electron chi connectivity index (χ1n) is 7.95. The first-order valence-corrected chi connectivity index (χ1v) is 7.95. The Kier molecular flexibility index (Phi) is 4.34. The topological polar surface area (TPSA) is 58.2 Å². The van der Waals surface area contributed by atoms with E-state index in [2.05, 4.69) is 10.6 Å². The molecule has 1 saturated carbocycles. The highest BCUT2D eigenvalue weighted by Crippen LogP contribution is 2.44. The van der Waals surface area contributed by atoms with Crippen LogP contribution >= 0.6 is 0 Å². The van der Waals surface area contributed by atoms with Gasteiger partial charge in [0.15, 0.2) is 0 Å². The Morgan fingerprint density at radius 3 is 2.25 bits per heavy atom. The summed E-state index contributed by atoms with van der Waals surface area (Å²) in [6.07, 6.45) is 2.34. The SMILES string of the molecule is CC(=O)Nc1cccc(NC(=O)C2(c3cccc(F)c3)CCC2)c1. The highest BCUT2D eigenvalue weighted by molar-refractivity contribution is 6.00. The smallest absolute Gasteiger partial charge is 0.235 e. The molecule has 2 aromatic carbocycles. The van der Waals surface area contributed by atoms with Crippen LogP contribution in [-0.2, 0) is 15.0 Å². The molecule has 0 aromatic heterocycles. The molecule has 1 aliphatic rings. The van der Waals surface area contributed by atoms with Gasteiger partial charge in [0.2, 0.25) is 11.8 Å². The number of rotatable bonds is 4. The fourth-order valence-electron chi connectivity index (χ4n) is 3.09. The van der Waals surface area contributed by atoms with Crippen molar-refractivity contribution in [3.63, 3.8) is 0 Å². The normalized spacial score (nSPS) is 15.2. The van der Waals surface area contributed by atoms with Gasteiger partial charge in [-0.05, 0) is 48.7 Å². The second-order valence-corrected chi connectivity index (χ2v) is 6.16. The molecular formula is C19H19FN2O2. The van der Waals surface area contributed by atoms with Gasteiger partial charge >= 0.3 is 0 Å². The second-order valence-electron chi connectivity index (χ2n) is 6.16. The quantitative estimate of drug-likeness (QED) is 0.897. The molecule has 24 heavy (non-hydrogen) atoms. The third-order valence-corrected chi connectivity index (χ3v) is 4.46. The van der Waals surface area contributed by atoms with Gasteiger partial charge in [0.25, 0.3) is 0 Å². The van der Waals surface area contributed by atoms with Crippen LogP contribution in [0.25, 0.3) is 0 Å². The molecular weight excluding hydrogens is 307 g/mol. The predicted octanol–water partition coefficient (Wildman–Crippen LogP) is 3.84. The zero-order valence-electron chi connectivity index (χ0n) is 13.4. The molecule has 0 radical (unpaired) electrons. The number of anilines is 2. The number of hydrogen-bond donors (Lipinski definition) is 2. The molecule has 0 spiro atoms. The van der Waals surface area contributed by atoms with E-state index in [1.807, 2.05) is 0 Å². The minimum absolute atomic E-state index is 0.140. The molecule has 2 N–H and O–H groups in total. The van der Waals surface area contributed by atoms with Crippen LogP contribution in [-0.4, -0.2) is 11.8 Å². The summed E-state index contributed by atoms with van der Waals surface area (Å²) < 4.78 is 13.6.